The first kappa shape index (κ1) is 23.1. The standard InChI is InChI=1S/C24H28ClN5O3/c1-14-21(29-20-8-5-15(12-26)9-19(20)25)27-13-28-22(14)32-18-10-16-6-7-17(11-18)30(16)23(31)33-24(2,3)4/h5,8-9,13,16-18H,6-7,10-11H2,1-4H3,(H,27,28,29). The van der Waals surface area contributed by atoms with Gasteiger partial charge in [-0.2, -0.15) is 5.26 Å². The Bertz CT molecular complexity index is 1080. The first-order chi connectivity index (χ1) is 15.6. The first-order valence-corrected chi connectivity index (χ1v) is 11.5. The van der Waals surface area contributed by atoms with Crippen molar-refractivity contribution in [3.8, 4) is 11.9 Å². The molecule has 9 heteroatoms. The number of aromatic nitrogens is 2. The Balaban J connectivity index is 1.45. The maximum Gasteiger partial charge on any atom is 0.410 e. The van der Waals surface area contributed by atoms with Crippen molar-refractivity contribution in [1.82, 2.24) is 14.9 Å². The van der Waals surface area contributed by atoms with Gasteiger partial charge in [-0.1, -0.05) is 11.6 Å². The Kier molecular flexibility index (Phi) is 6.35. The minimum Gasteiger partial charge on any atom is -0.474 e. The first-order valence-electron chi connectivity index (χ1n) is 11.1. The molecular formula is C24H28ClN5O3. The quantitative estimate of drug-likeness (QED) is 0.642. The predicted octanol–water partition coefficient (Wildman–Crippen LogP) is 5.36. The van der Waals surface area contributed by atoms with Gasteiger partial charge in [0.15, 0.2) is 0 Å². The minimum atomic E-state index is -0.511. The van der Waals surface area contributed by atoms with E-state index < -0.39 is 5.60 Å². The van der Waals surface area contributed by atoms with Gasteiger partial charge in [0.2, 0.25) is 5.88 Å². The third-order valence-electron chi connectivity index (χ3n) is 5.96. The summed E-state index contributed by atoms with van der Waals surface area (Å²) in [6.07, 6.45) is 4.56. The Hall–Kier alpha value is -3.05. The van der Waals surface area contributed by atoms with Gasteiger partial charge in [-0.25, -0.2) is 14.8 Å². The third-order valence-corrected chi connectivity index (χ3v) is 6.27. The van der Waals surface area contributed by atoms with Gasteiger partial charge in [0.05, 0.1) is 27.9 Å². The van der Waals surface area contributed by atoms with E-state index in [0.29, 0.717) is 28.0 Å². The second-order valence-electron chi connectivity index (χ2n) is 9.57. The minimum absolute atomic E-state index is 0.0406. The molecule has 1 aromatic heterocycles. The van der Waals surface area contributed by atoms with Crippen molar-refractivity contribution in [3.63, 3.8) is 0 Å². The van der Waals surface area contributed by atoms with Crippen molar-refractivity contribution in [1.29, 1.82) is 5.26 Å². The number of carbonyl (C=O) groups excluding carboxylic acids is 1. The predicted molar refractivity (Wildman–Crippen MR) is 125 cm³/mol. The van der Waals surface area contributed by atoms with Gasteiger partial charge >= 0.3 is 6.09 Å². The van der Waals surface area contributed by atoms with Crippen LogP contribution in [0.1, 0.15) is 57.6 Å². The van der Waals surface area contributed by atoms with Crippen molar-refractivity contribution in [2.24, 2.45) is 0 Å². The topological polar surface area (TPSA) is 100 Å². The summed E-state index contributed by atoms with van der Waals surface area (Å²) in [5.74, 6) is 1.09. The van der Waals surface area contributed by atoms with Crippen molar-refractivity contribution in [2.75, 3.05) is 5.32 Å². The molecule has 0 aliphatic carbocycles. The number of amides is 1. The Morgan fingerprint density at radius 3 is 2.55 bits per heavy atom. The lowest BCUT2D eigenvalue weighted by Crippen LogP contribution is -2.50. The lowest BCUT2D eigenvalue weighted by Gasteiger charge is -2.39. The van der Waals surface area contributed by atoms with E-state index in [1.54, 1.807) is 18.2 Å². The third kappa shape index (κ3) is 5.14. The van der Waals surface area contributed by atoms with Crippen LogP contribution >= 0.6 is 11.6 Å². The van der Waals surface area contributed by atoms with Gasteiger partial charge in [0, 0.05) is 24.9 Å². The highest BCUT2D eigenvalue weighted by Gasteiger charge is 2.45. The van der Waals surface area contributed by atoms with Gasteiger partial charge < -0.3 is 19.7 Å². The number of halogens is 1. The van der Waals surface area contributed by atoms with E-state index in [1.165, 1.54) is 6.33 Å². The van der Waals surface area contributed by atoms with Crippen LogP contribution in [0.3, 0.4) is 0 Å². The van der Waals surface area contributed by atoms with Crippen LogP contribution in [0.5, 0.6) is 5.88 Å². The number of nitriles is 1. The molecule has 4 rings (SSSR count). The Morgan fingerprint density at radius 2 is 1.94 bits per heavy atom. The summed E-state index contributed by atoms with van der Waals surface area (Å²) >= 11 is 6.29. The van der Waals surface area contributed by atoms with E-state index in [0.717, 1.165) is 31.2 Å². The van der Waals surface area contributed by atoms with Crippen LogP contribution in [0.15, 0.2) is 24.5 Å². The average molecular weight is 470 g/mol. The Labute approximate surface area is 198 Å². The summed E-state index contributed by atoms with van der Waals surface area (Å²) in [6, 6.07) is 7.33. The molecule has 1 N–H and O–H groups in total. The number of ether oxygens (including phenoxy) is 2. The van der Waals surface area contributed by atoms with E-state index in [4.69, 9.17) is 26.3 Å². The van der Waals surface area contributed by atoms with Crippen LogP contribution in [0.2, 0.25) is 5.02 Å². The summed E-state index contributed by atoms with van der Waals surface area (Å²) in [6.45, 7) is 7.55. The molecule has 174 valence electrons. The molecule has 0 saturated carbocycles. The molecule has 2 aliphatic rings. The van der Waals surface area contributed by atoms with Crippen LogP contribution in [-0.2, 0) is 4.74 Å². The van der Waals surface area contributed by atoms with Gasteiger partial charge in [0.1, 0.15) is 23.9 Å². The van der Waals surface area contributed by atoms with Crippen LogP contribution in [0, 0.1) is 18.3 Å². The summed E-state index contributed by atoms with van der Waals surface area (Å²) < 4.78 is 11.9. The second-order valence-corrected chi connectivity index (χ2v) is 9.97. The number of nitrogens with zero attached hydrogens (tertiary/aromatic N) is 4. The molecule has 2 unspecified atom stereocenters. The molecule has 8 nitrogen and oxygen atoms in total. The highest BCUT2D eigenvalue weighted by molar-refractivity contribution is 6.33. The van der Waals surface area contributed by atoms with Crippen LogP contribution < -0.4 is 10.1 Å². The number of benzene rings is 1. The van der Waals surface area contributed by atoms with Crippen LogP contribution in [0.25, 0.3) is 0 Å². The molecule has 2 aromatic rings. The molecule has 1 amide bonds. The van der Waals surface area contributed by atoms with Crippen molar-refractivity contribution >= 4 is 29.2 Å². The highest BCUT2D eigenvalue weighted by atomic mass is 35.5. The molecule has 1 aromatic carbocycles. The Morgan fingerprint density at radius 1 is 1.24 bits per heavy atom. The SMILES string of the molecule is Cc1c(Nc2ccc(C#N)cc2Cl)ncnc1OC1CC2CCC(C1)N2C(=O)OC(C)(C)C. The van der Waals surface area contributed by atoms with E-state index in [-0.39, 0.29) is 24.3 Å². The van der Waals surface area contributed by atoms with Crippen molar-refractivity contribution < 1.29 is 14.3 Å². The van der Waals surface area contributed by atoms with Crippen LogP contribution in [-0.4, -0.2) is 44.7 Å². The van der Waals surface area contributed by atoms with Gasteiger partial charge in [-0.05, 0) is 58.7 Å². The molecule has 2 fully saturated rings. The van der Waals surface area contributed by atoms with Gasteiger partial charge in [-0.3, -0.25) is 0 Å². The lowest BCUT2D eigenvalue weighted by molar-refractivity contribution is -0.00769. The molecule has 2 atom stereocenters. The number of hydrogen-bond donors (Lipinski definition) is 1. The molecule has 0 radical (unpaired) electrons. The zero-order chi connectivity index (χ0) is 23.8. The lowest BCUT2D eigenvalue weighted by atomic mass is 10.00. The molecule has 2 saturated heterocycles. The summed E-state index contributed by atoms with van der Waals surface area (Å²) in [7, 11) is 0. The number of carbonyl (C=O) groups is 1. The van der Waals surface area contributed by atoms with E-state index in [1.807, 2.05) is 32.6 Å². The zero-order valence-electron chi connectivity index (χ0n) is 19.3. The number of rotatable bonds is 4. The largest absolute Gasteiger partial charge is 0.474 e. The molecule has 3 heterocycles. The smallest absolute Gasteiger partial charge is 0.410 e. The fourth-order valence-corrected chi connectivity index (χ4v) is 4.71. The molecule has 2 bridgehead atoms. The number of nitrogens with one attached hydrogen (secondary N) is 1. The fourth-order valence-electron chi connectivity index (χ4n) is 4.49. The van der Waals surface area contributed by atoms with Gasteiger partial charge in [-0.15, -0.1) is 0 Å². The van der Waals surface area contributed by atoms with E-state index in [9.17, 15) is 4.79 Å². The van der Waals surface area contributed by atoms with E-state index >= 15 is 0 Å². The van der Waals surface area contributed by atoms with E-state index in [2.05, 4.69) is 21.4 Å². The molecule has 0 spiro atoms. The van der Waals surface area contributed by atoms with Crippen molar-refractivity contribution in [2.45, 2.75) is 77.2 Å². The van der Waals surface area contributed by atoms with Crippen LogP contribution in [0.4, 0.5) is 16.3 Å². The number of fused-ring (bicyclic) bond motifs is 2. The zero-order valence-corrected chi connectivity index (χ0v) is 20.0. The number of piperidine rings is 1. The maximum absolute atomic E-state index is 12.7. The number of anilines is 2. The summed E-state index contributed by atoms with van der Waals surface area (Å²) in [5, 5.41) is 12.7. The number of hydrogen-bond acceptors (Lipinski definition) is 7. The highest BCUT2D eigenvalue weighted by Crippen LogP contribution is 2.39. The summed E-state index contributed by atoms with van der Waals surface area (Å²) in [4.78, 5) is 23.3. The molecule has 33 heavy (non-hydrogen) atoms. The maximum atomic E-state index is 12.7. The monoisotopic (exact) mass is 469 g/mol. The van der Waals surface area contributed by atoms with Gasteiger partial charge in [0.25, 0.3) is 0 Å². The molecule has 2 aliphatic heterocycles. The molecular weight excluding hydrogens is 442 g/mol. The van der Waals surface area contributed by atoms with Crippen molar-refractivity contribution in [3.05, 3.63) is 40.7 Å². The second kappa shape index (κ2) is 9.06. The fraction of sp³-hybridized carbons (Fsp3) is 0.500. The normalized spacial score (nSPS) is 21.9. The average Bonchev–Trinajstić information content (AvgIpc) is 3.02. The summed E-state index contributed by atoms with van der Waals surface area (Å²) in [5.41, 5.74) is 1.39.